The van der Waals surface area contributed by atoms with E-state index in [1.807, 2.05) is 36.4 Å². The predicted octanol–water partition coefficient (Wildman–Crippen LogP) is 3.86. The largest absolute Gasteiger partial charge is 0.496 e. The monoisotopic (exact) mass is 242 g/mol. The van der Waals surface area contributed by atoms with Gasteiger partial charge in [-0.15, -0.1) is 0 Å². The molecule has 94 valence electrons. The number of benzene rings is 2. The molecule has 0 N–H and O–H groups in total. The van der Waals surface area contributed by atoms with Gasteiger partial charge in [0.25, 0.3) is 0 Å². The van der Waals surface area contributed by atoms with E-state index < -0.39 is 0 Å². The van der Waals surface area contributed by atoms with Crippen LogP contribution in [0.3, 0.4) is 0 Å². The van der Waals surface area contributed by atoms with E-state index in [0.717, 1.165) is 17.1 Å². The summed E-state index contributed by atoms with van der Waals surface area (Å²) < 4.78 is 10.9. The first kappa shape index (κ1) is 12.5. The number of hydrogen-bond donors (Lipinski definition) is 0. The van der Waals surface area contributed by atoms with Crippen molar-refractivity contribution in [2.75, 3.05) is 14.2 Å². The van der Waals surface area contributed by atoms with Crippen LogP contribution in [0.4, 0.5) is 0 Å². The number of ether oxygens (including phenoxy) is 2. The average molecular weight is 242 g/mol. The van der Waals surface area contributed by atoms with Crippen LogP contribution in [0.5, 0.6) is 11.5 Å². The van der Waals surface area contributed by atoms with E-state index in [1.165, 1.54) is 5.56 Å². The maximum atomic E-state index is 5.45. The van der Waals surface area contributed by atoms with Gasteiger partial charge in [0.2, 0.25) is 0 Å². The highest BCUT2D eigenvalue weighted by Gasteiger charge is 2.18. The Kier molecular flexibility index (Phi) is 3.88. The second-order valence-electron chi connectivity index (χ2n) is 4.21. The van der Waals surface area contributed by atoms with E-state index in [-0.39, 0.29) is 5.92 Å². The van der Waals surface area contributed by atoms with Crippen molar-refractivity contribution in [3.05, 3.63) is 59.7 Å². The Morgan fingerprint density at radius 2 is 1.33 bits per heavy atom. The van der Waals surface area contributed by atoms with Gasteiger partial charge >= 0.3 is 0 Å². The summed E-state index contributed by atoms with van der Waals surface area (Å²) in [4.78, 5) is 0. The first-order valence-corrected chi connectivity index (χ1v) is 6.03. The van der Waals surface area contributed by atoms with E-state index in [0.29, 0.717) is 0 Å². The minimum atomic E-state index is 0.234. The first-order chi connectivity index (χ1) is 8.77. The highest BCUT2D eigenvalue weighted by atomic mass is 16.5. The molecule has 18 heavy (non-hydrogen) atoms. The van der Waals surface area contributed by atoms with Gasteiger partial charge in [-0.3, -0.25) is 0 Å². The van der Waals surface area contributed by atoms with E-state index in [9.17, 15) is 0 Å². The number of hydrogen-bond acceptors (Lipinski definition) is 2. The van der Waals surface area contributed by atoms with E-state index in [2.05, 4.69) is 19.1 Å². The van der Waals surface area contributed by atoms with Crippen molar-refractivity contribution in [1.82, 2.24) is 0 Å². The van der Waals surface area contributed by atoms with Crippen LogP contribution in [0.15, 0.2) is 48.5 Å². The summed E-state index contributed by atoms with van der Waals surface area (Å²) in [5, 5.41) is 0. The Hall–Kier alpha value is -1.96. The Morgan fingerprint density at radius 1 is 0.778 bits per heavy atom. The Balaban J connectivity index is 2.49. The summed E-state index contributed by atoms with van der Waals surface area (Å²) in [5.41, 5.74) is 2.34. The molecule has 0 saturated carbocycles. The molecule has 2 rings (SSSR count). The van der Waals surface area contributed by atoms with E-state index >= 15 is 0 Å². The van der Waals surface area contributed by atoms with Gasteiger partial charge in [-0.25, -0.2) is 0 Å². The average Bonchev–Trinajstić information content (AvgIpc) is 2.46. The van der Waals surface area contributed by atoms with Gasteiger partial charge in [0.05, 0.1) is 14.2 Å². The summed E-state index contributed by atoms with van der Waals surface area (Å²) in [7, 11) is 3.38. The highest BCUT2D eigenvalue weighted by Crippen LogP contribution is 2.38. The second-order valence-corrected chi connectivity index (χ2v) is 4.21. The first-order valence-electron chi connectivity index (χ1n) is 6.03. The summed E-state index contributed by atoms with van der Waals surface area (Å²) in [6.45, 7) is 2.16. The van der Waals surface area contributed by atoms with Gasteiger partial charge in [-0.2, -0.15) is 0 Å². The fraction of sp³-hybridized carbons (Fsp3) is 0.250. The zero-order chi connectivity index (χ0) is 13.0. The topological polar surface area (TPSA) is 18.5 Å². The lowest BCUT2D eigenvalue weighted by atomic mass is 9.91. The molecule has 1 atom stereocenters. The predicted molar refractivity (Wildman–Crippen MR) is 73.5 cm³/mol. The van der Waals surface area contributed by atoms with Crippen LogP contribution in [0.25, 0.3) is 0 Å². The number of rotatable bonds is 4. The lowest BCUT2D eigenvalue weighted by molar-refractivity contribution is 0.383. The maximum Gasteiger partial charge on any atom is 0.126 e. The quantitative estimate of drug-likeness (QED) is 0.810. The minimum absolute atomic E-state index is 0.234. The van der Waals surface area contributed by atoms with Crippen molar-refractivity contribution in [1.29, 1.82) is 0 Å². The van der Waals surface area contributed by atoms with Crippen LogP contribution in [0.2, 0.25) is 0 Å². The van der Waals surface area contributed by atoms with Gasteiger partial charge in [0.15, 0.2) is 0 Å². The Bertz CT molecular complexity index is 484. The third-order valence-corrected chi connectivity index (χ3v) is 3.20. The molecule has 0 amide bonds. The molecule has 1 unspecified atom stereocenters. The molecule has 0 aliphatic rings. The molecule has 2 heteroatoms. The molecule has 2 aromatic carbocycles. The van der Waals surface area contributed by atoms with Crippen molar-refractivity contribution in [2.45, 2.75) is 12.8 Å². The SMILES string of the molecule is COc1cccc(OC)c1C(C)c1ccccc1. The maximum absolute atomic E-state index is 5.45. The Labute approximate surface area is 108 Å². The van der Waals surface area contributed by atoms with Gasteiger partial charge in [-0.05, 0) is 17.7 Å². The molecule has 0 saturated heterocycles. The summed E-state index contributed by atoms with van der Waals surface area (Å²) in [6.07, 6.45) is 0. The molecular weight excluding hydrogens is 224 g/mol. The smallest absolute Gasteiger partial charge is 0.126 e. The summed E-state index contributed by atoms with van der Waals surface area (Å²) >= 11 is 0. The molecule has 2 aromatic rings. The van der Waals surface area contributed by atoms with Crippen LogP contribution < -0.4 is 9.47 Å². The van der Waals surface area contributed by atoms with Crippen molar-refractivity contribution < 1.29 is 9.47 Å². The summed E-state index contributed by atoms with van der Waals surface area (Å²) in [6, 6.07) is 16.2. The van der Waals surface area contributed by atoms with E-state index in [1.54, 1.807) is 14.2 Å². The van der Waals surface area contributed by atoms with E-state index in [4.69, 9.17) is 9.47 Å². The molecular formula is C16H18O2. The molecule has 0 bridgehead atoms. The fourth-order valence-corrected chi connectivity index (χ4v) is 2.22. The lowest BCUT2D eigenvalue weighted by Gasteiger charge is -2.19. The zero-order valence-electron chi connectivity index (χ0n) is 11.0. The Morgan fingerprint density at radius 3 is 1.83 bits per heavy atom. The molecule has 0 radical (unpaired) electrons. The fourth-order valence-electron chi connectivity index (χ4n) is 2.22. The lowest BCUT2D eigenvalue weighted by Crippen LogP contribution is -2.02. The molecule has 0 aromatic heterocycles. The van der Waals surface area contributed by atoms with Crippen molar-refractivity contribution in [2.24, 2.45) is 0 Å². The van der Waals surface area contributed by atoms with Crippen molar-refractivity contribution in [3.8, 4) is 11.5 Å². The van der Waals surface area contributed by atoms with Crippen LogP contribution in [0, 0.1) is 0 Å². The van der Waals surface area contributed by atoms with Crippen LogP contribution in [0.1, 0.15) is 24.0 Å². The van der Waals surface area contributed by atoms with Crippen molar-refractivity contribution >= 4 is 0 Å². The molecule has 2 nitrogen and oxygen atoms in total. The third kappa shape index (κ3) is 2.33. The second kappa shape index (κ2) is 5.58. The number of methoxy groups -OCH3 is 2. The highest BCUT2D eigenvalue weighted by molar-refractivity contribution is 5.50. The van der Waals surface area contributed by atoms with Crippen LogP contribution in [-0.4, -0.2) is 14.2 Å². The van der Waals surface area contributed by atoms with Crippen LogP contribution >= 0.6 is 0 Å². The molecule has 0 fully saturated rings. The molecule has 0 heterocycles. The minimum Gasteiger partial charge on any atom is -0.496 e. The van der Waals surface area contributed by atoms with Gasteiger partial charge < -0.3 is 9.47 Å². The van der Waals surface area contributed by atoms with Crippen molar-refractivity contribution in [3.63, 3.8) is 0 Å². The zero-order valence-corrected chi connectivity index (χ0v) is 11.0. The van der Waals surface area contributed by atoms with Gasteiger partial charge in [0.1, 0.15) is 11.5 Å². The molecule has 0 spiro atoms. The normalized spacial score (nSPS) is 11.9. The third-order valence-electron chi connectivity index (χ3n) is 3.20. The standard InChI is InChI=1S/C16H18O2/c1-12(13-8-5-4-6-9-13)16-14(17-2)10-7-11-15(16)18-3/h4-12H,1-3H3. The molecule has 0 aliphatic carbocycles. The molecule has 0 aliphatic heterocycles. The van der Waals surface area contributed by atoms with Gasteiger partial charge in [-0.1, -0.05) is 43.3 Å². The summed E-state index contributed by atoms with van der Waals surface area (Å²) in [5.74, 6) is 1.97. The van der Waals surface area contributed by atoms with Gasteiger partial charge in [0, 0.05) is 11.5 Å². The van der Waals surface area contributed by atoms with Crippen LogP contribution in [-0.2, 0) is 0 Å².